The highest BCUT2D eigenvalue weighted by Gasteiger charge is 2.47. The Morgan fingerprint density at radius 1 is 0.854 bits per heavy atom. The van der Waals surface area contributed by atoms with Crippen molar-refractivity contribution in [1.29, 1.82) is 0 Å². The molecule has 1 fully saturated rings. The third kappa shape index (κ3) is 5.59. The maximum Gasteiger partial charge on any atom is 0.300 e. The molecule has 0 aromatic heterocycles. The molecule has 1 aliphatic rings. The van der Waals surface area contributed by atoms with Crippen LogP contribution in [-0.2, 0) is 21.6 Å². The largest absolute Gasteiger partial charge is 0.507 e. The first-order valence-corrected chi connectivity index (χ1v) is 13.5. The second-order valence-electron chi connectivity index (χ2n) is 11.0. The highest BCUT2D eigenvalue weighted by Crippen LogP contribution is 2.44. The van der Waals surface area contributed by atoms with Crippen LogP contribution in [0.1, 0.15) is 49.1 Å². The normalized spacial score (nSPS) is 16.6. The highest BCUT2D eigenvalue weighted by atomic mass is 16.5. The number of carbonyl (C=O) groups is 2. The van der Waals surface area contributed by atoms with Crippen LogP contribution in [-0.4, -0.2) is 23.9 Å². The summed E-state index contributed by atoms with van der Waals surface area (Å²) in [6, 6.07) is 30.8. The van der Waals surface area contributed by atoms with E-state index >= 15 is 0 Å². The number of ether oxygens (including phenoxy) is 2. The van der Waals surface area contributed by atoms with Crippen LogP contribution in [0.15, 0.2) is 109 Å². The molecule has 0 aliphatic carbocycles. The number of nitrogens with zero attached hydrogens (tertiary/aromatic N) is 1. The number of amides is 1. The van der Waals surface area contributed by atoms with E-state index in [1.54, 1.807) is 18.2 Å². The Kier molecular flexibility index (Phi) is 7.66. The van der Waals surface area contributed by atoms with Gasteiger partial charge in [0.2, 0.25) is 0 Å². The van der Waals surface area contributed by atoms with Crippen molar-refractivity contribution in [3.8, 4) is 11.5 Å². The first-order valence-electron chi connectivity index (χ1n) is 13.5. The molecule has 208 valence electrons. The van der Waals surface area contributed by atoms with Gasteiger partial charge >= 0.3 is 0 Å². The van der Waals surface area contributed by atoms with E-state index in [9.17, 15) is 14.7 Å². The summed E-state index contributed by atoms with van der Waals surface area (Å²) in [6.07, 6.45) is 0. The first kappa shape index (κ1) is 27.7. The fraction of sp³-hybridized carbons (Fsp3) is 0.200. The zero-order valence-corrected chi connectivity index (χ0v) is 23.6. The summed E-state index contributed by atoms with van der Waals surface area (Å²) in [5, 5.41) is 11.7. The minimum Gasteiger partial charge on any atom is -0.507 e. The van der Waals surface area contributed by atoms with E-state index in [2.05, 4.69) is 20.8 Å². The predicted octanol–water partition coefficient (Wildman–Crippen LogP) is 7.20. The van der Waals surface area contributed by atoms with Crippen molar-refractivity contribution in [2.24, 2.45) is 0 Å². The number of hydrogen-bond acceptors (Lipinski definition) is 5. The van der Waals surface area contributed by atoms with Gasteiger partial charge in [0.25, 0.3) is 11.7 Å². The van der Waals surface area contributed by atoms with Crippen LogP contribution in [0.25, 0.3) is 5.76 Å². The van der Waals surface area contributed by atoms with Crippen LogP contribution in [0.3, 0.4) is 0 Å². The summed E-state index contributed by atoms with van der Waals surface area (Å²) in [5.74, 6) is -0.695. The number of Topliss-reactive ketones (excluding diaryl/α,β-unsaturated/α-hetero) is 1. The Bertz CT molecular complexity index is 1590. The number of ketones is 1. The van der Waals surface area contributed by atoms with Crippen molar-refractivity contribution in [3.05, 3.63) is 131 Å². The van der Waals surface area contributed by atoms with E-state index in [0.717, 1.165) is 11.1 Å². The van der Waals surface area contributed by atoms with Crippen LogP contribution in [0, 0.1) is 0 Å². The van der Waals surface area contributed by atoms with E-state index in [4.69, 9.17) is 9.47 Å². The topological polar surface area (TPSA) is 76.1 Å². The molecule has 0 bridgehead atoms. The van der Waals surface area contributed by atoms with Gasteiger partial charge in [0, 0.05) is 5.69 Å². The van der Waals surface area contributed by atoms with Crippen molar-refractivity contribution in [1.82, 2.24) is 0 Å². The number of carbonyl (C=O) groups excluding carboxylic acids is 2. The average Bonchev–Trinajstić information content (AvgIpc) is 3.26. The molecule has 5 rings (SSSR count). The minimum absolute atomic E-state index is 0.00108. The Labute approximate surface area is 240 Å². The third-order valence-corrected chi connectivity index (χ3v) is 7.24. The van der Waals surface area contributed by atoms with E-state index in [0.29, 0.717) is 34.9 Å². The second kappa shape index (κ2) is 11.3. The number of benzene rings is 4. The van der Waals surface area contributed by atoms with Crippen molar-refractivity contribution < 1.29 is 24.2 Å². The fourth-order valence-corrected chi connectivity index (χ4v) is 4.99. The second-order valence-corrected chi connectivity index (χ2v) is 11.0. The molecule has 0 spiro atoms. The fourth-order valence-electron chi connectivity index (χ4n) is 4.99. The van der Waals surface area contributed by atoms with E-state index < -0.39 is 17.7 Å². The lowest BCUT2D eigenvalue weighted by Crippen LogP contribution is -2.29. The van der Waals surface area contributed by atoms with E-state index in [1.165, 1.54) is 12.0 Å². The first-order chi connectivity index (χ1) is 19.7. The van der Waals surface area contributed by atoms with Crippen molar-refractivity contribution in [2.75, 3.05) is 12.0 Å². The van der Waals surface area contributed by atoms with Gasteiger partial charge < -0.3 is 14.6 Å². The number of methoxy groups -OCH3 is 1. The monoisotopic (exact) mass is 547 g/mol. The Hall–Kier alpha value is -4.84. The standard InChI is InChI=1S/C35H33NO5/c1-35(2,3)25-17-20-29(40-4)28(21-25)32(37)30-31(36(34(39)33(30)38)26-13-9-6-10-14-26)24-15-18-27(19-16-24)41-22-23-11-7-5-8-12-23/h5-21,31,37H,22H2,1-4H3/b32-30+. The molecule has 6 heteroatoms. The average molecular weight is 548 g/mol. The number of aliphatic hydroxyl groups excluding tert-OH is 1. The summed E-state index contributed by atoms with van der Waals surface area (Å²) < 4.78 is 11.5. The van der Waals surface area contributed by atoms with Crippen molar-refractivity contribution in [3.63, 3.8) is 0 Å². The Morgan fingerprint density at radius 2 is 1.49 bits per heavy atom. The van der Waals surface area contributed by atoms with Gasteiger partial charge in [0.15, 0.2) is 0 Å². The van der Waals surface area contributed by atoms with Crippen LogP contribution in [0.2, 0.25) is 0 Å². The summed E-state index contributed by atoms with van der Waals surface area (Å²) >= 11 is 0. The lowest BCUT2D eigenvalue weighted by molar-refractivity contribution is -0.132. The van der Waals surface area contributed by atoms with Crippen LogP contribution in [0.5, 0.6) is 11.5 Å². The van der Waals surface area contributed by atoms with E-state index in [1.807, 2.05) is 84.9 Å². The van der Waals surface area contributed by atoms with Gasteiger partial charge in [-0.1, -0.05) is 87.5 Å². The van der Waals surface area contributed by atoms with Gasteiger partial charge in [0.1, 0.15) is 23.9 Å². The summed E-state index contributed by atoms with van der Waals surface area (Å²) in [5.41, 5.74) is 3.35. The molecule has 1 heterocycles. The molecule has 4 aromatic rings. The smallest absolute Gasteiger partial charge is 0.300 e. The van der Waals surface area contributed by atoms with E-state index in [-0.39, 0.29) is 16.7 Å². The number of para-hydroxylation sites is 1. The molecule has 1 unspecified atom stereocenters. The molecule has 0 saturated carbocycles. The SMILES string of the molecule is COc1ccc(C(C)(C)C)cc1/C(O)=C1\C(=O)C(=O)N(c2ccccc2)C1c1ccc(OCc2ccccc2)cc1. The molecule has 1 N–H and O–H groups in total. The number of anilines is 1. The molecule has 1 aliphatic heterocycles. The molecule has 41 heavy (non-hydrogen) atoms. The molecule has 0 radical (unpaired) electrons. The summed E-state index contributed by atoms with van der Waals surface area (Å²) in [6.45, 7) is 6.60. The van der Waals surface area contributed by atoms with Gasteiger partial charge in [-0.25, -0.2) is 0 Å². The number of rotatable bonds is 7. The highest BCUT2D eigenvalue weighted by molar-refractivity contribution is 6.51. The molecule has 1 amide bonds. The predicted molar refractivity (Wildman–Crippen MR) is 160 cm³/mol. The Balaban J connectivity index is 1.61. The molecule has 1 saturated heterocycles. The van der Waals surface area contributed by atoms with Crippen molar-refractivity contribution >= 4 is 23.1 Å². The quantitative estimate of drug-likeness (QED) is 0.150. The third-order valence-electron chi connectivity index (χ3n) is 7.24. The van der Waals surface area contributed by atoms with Crippen LogP contribution in [0.4, 0.5) is 5.69 Å². The zero-order valence-electron chi connectivity index (χ0n) is 23.6. The molecular formula is C35H33NO5. The lowest BCUT2D eigenvalue weighted by atomic mass is 9.85. The molecule has 4 aromatic carbocycles. The zero-order chi connectivity index (χ0) is 29.1. The van der Waals surface area contributed by atoms with Gasteiger partial charge in [0.05, 0.1) is 24.3 Å². The van der Waals surface area contributed by atoms with Crippen molar-refractivity contribution in [2.45, 2.75) is 38.8 Å². The van der Waals surface area contributed by atoms with Crippen LogP contribution >= 0.6 is 0 Å². The molecule has 6 nitrogen and oxygen atoms in total. The number of aliphatic hydroxyl groups is 1. The van der Waals surface area contributed by atoms with Gasteiger partial charge in [-0.3, -0.25) is 14.5 Å². The lowest BCUT2D eigenvalue weighted by Gasteiger charge is -2.26. The maximum absolute atomic E-state index is 13.6. The number of hydrogen-bond donors (Lipinski definition) is 1. The van der Waals surface area contributed by atoms with Crippen LogP contribution < -0.4 is 14.4 Å². The Morgan fingerprint density at radius 3 is 2.10 bits per heavy atom. The molecule has 1 atom stereocenters. The minimum atomic E-state index is -0.858. The summed E-state index contributed by atoms with van der Waals surface area (Å²) in [4.78, 5) is 28.6. The summed E-state index contributed by atoms with van der Waals surface area (Å²) in [7, 11) is 1.51. The van der Waals surface area contributed by atoms with Gasteiger partial charge in [-0.05, 0) is 58.5 Å². The van der Waals surface area contributed by atoms with Gasteiger partial charge in [-0.15, -0.1) is 0 Å². The van der Waals surface area contributed by atoms with Gasteiger partial charge in [-0.2, -0.15) is 0 Å². The maximum atomic E-state index is 13.6. The molecular weight excluding hydrogens is 514 g/mol.